The van der Waals surface area contributed by atoms with Gasteiger partial charge in [0, 0.05) is 12.6 Å². The number of ether oxygens (including phenoxy) is 1. The lowest BCUT2D eigenvalue weighted by molar-refractivity contribution is -0.144. The molecule has 46 heavy (non-hydrogen) atoms. The minimum Gasteiger partial charge on any atom is -0.447 e. The van der Waals surface area contributed by atoms with Crippen molar-refractivity contribution in [1.82, 2.24) is 26.2 Å². The molecule has 4 rings (SSSR count). The van der Waals surface area contributed by atoms with E-state index in [1.165, 1.54) is 0 Å². The lowest BCUT2D eigenvalue weighted by atomic mass is 9.87. The van der Waals surface area contributed by atoms with E-state index in [4.69, 9.17) is 10.5 Å². The van der Waals surface area contributed by atoms with Crippen LogP contribution in [0.3, 0.4) is 0 Å². The molecule has 0 spiro atoms. The maximum Gasteiger partial charge on any atom is 0.407 e. The molecule has 0 bridgehead atoms. The van der Waals surface area contributed by atoms with Crippen molar-refractivity contribution in [2.75, 3.05) is 13.2 Å². The van der Waals surface area contributed by atoms with E-state index in [-0.39, 0.29) is 47.6 Å². The molecule has 6 N–H and O–H groups in total. The Morgan fingerprint density at radius 1 is 0.935 bits per heavy atom. The minimum atomic E-state index is -1.09. The average Bonchev–Trinajstić information content (AvgIpc) is 3.65. The Morgan fingerprint density at radius 2 is 1.57 bits per heavy atom. The van der Waals surface area contributed by atoms with Crippen LogP contribution < -0.4 is 27.0 Å². The standard InChI is InChI=1S/C33H54N6O7/c1-17(2)35-31(45)46-16-22(32(3,4)5)37-30(44)38-24(19-10-8-9-11-19)29(43)39-15-20-23(33(20,6)7)25(39)28(42)36-21(14-18-12-13-18)26(40)27(34)41/h17-25H,8-16H2,1-7H3,(H2,34,41)(H,35,45)(H,36,42)(H2,37,38,44)/t20-,21?,22+,23-,24-,25-/m0/s1. The number of carbonyl (C=O) groups excluding carboxylic acids is 6. The second kappa shape index (κ2) is 13.8. The number of Topliss-reactive ketones (excluding diaryl/α,β-unsaturated/α-hetero) is 1. The summed E-state index contributed by atoms with van der Waals surface area (Å²) in [5, 5.41) is 11.3. The fraction of sp³-hybridized carbons (Fsp3) is 0.818. The third kappa shape index (κ3) is 8.31. The Bertz CT molecular complexity index is 1200. The van der Waals surface area contributed by atoms with Gasteiger partial charge in [0.1, 0.15) is 18.7 Å². The van der Waals surface area contributed by atoms with E-state index >= 15 is 0 Å². The Labute approximate surface area is 272 Å². The number of nitrogens with one attached hydrogen (secondary N) is 4. The van der Waals surface area contributed by atoms with Crippen LogP contribution in [-0.2, 0) is 23.9 Å². The summed E-state index contributed by atoms with van der Waals surface area (Å²) in [6.45, 7) is 13.8. The molecule has 1 unspecified atom stereocenters. The van der Waals surface area contributed by atoms with E-state index < -0.39 is 59.3 Å². The third-order valence-electron chi connectivity index (χ3n) is 10.5. The van der Waals surface area contributed by atoms with E-state index in [0.717, 1.165) is 38.5 Å². The van der Waals surface area contributed by atoms with Crippen molar-refractivity contribution in [3.05, 3.63) is 0 Å². The van der Waals surface area contributed by atoms with Gasteiger partial charge < -0.3 is 36.6 Å². The number of rotatable bonds is 13. The predicted octanol–water partition coefficient (Wildman–Crippen LogP) is 2.22. The first-order chi connectivity index (χ1) is 21.4. The molecule has 0 radical (unpaired) electrons. The number of amides is 6. The molecular formula is C33H54N6O7. The largest absolute Gasteiger partial charge is 0.447 e. The van der Waals surface area contributed by atoms with E-state index in [1.54, 1.807) is 4.90 Å². The number of fused-ring (bicyclic) bond motifs is 1. The van der Waals surface area contributed by atoms with E-state index in [2.05, 4.69) is 35.1 Å². The molecule has 3 saturated carbocycles. The zero-order valence-corrected chi connectivity index (χ0v) is 28.4. The third-order valence-corrected chi connectivity index (χ3v) is 10.5. The first-order valence-corrected chi connectivity index (χ1v) is 16.9. The van der Waals surface area contributed by atoms with Gasteiger partial charge in [-0.2, -0.15) is 0 Å². The fourth-order valence-electron chi connectivity index (χ4n) is 7.30. The SMILES string of the molecule is CC(C)NC(=O)OC[C@@H](NC(=O)N[C@H](C(=O)N1C[C@H]2[C@@H]([C@H]1C(=O)NC(CC1CC1)C(=O)C(N)=O)C2(C)C)C1CCCC1)C(C)(C)C. The highest BCUT2D eigenvalue weighted by atomic mass is 16.5. The molecule has 4 fully saturated rings. The number of primary amides is 1. The monoisotopic (exact) mass is 646 g/mol. The first kappa shape index (κ1) is 35.5. The summed E-state index contributed by atoms with van der Waals surface area (Å²) in [5.41, 5.74) is 4.67. The number of ketones is 1. The van der Waals surface area contributed by atoms with Gasteiger partial charge in [-0.3, -0.25) is 19.2 Å². The molecule has 258 valence electrons. The van der Waals surface area contributed by atoms with E-state index in [0.29, 0.717) is 13.0 Å². The quantitative estimate of drug-likeness (QED) is 0.190. The van der Waals surface area contributed by atoms with Crippen LogP contribution in [0.4, 0.5) is 9.59 Å². The normalized spacial score (nSPS) is 25.6. The molecule has 1 saturated heterocycles. The lowest BCUT2D eigenvalue weighted by Crippen LogP contribution is -2.61. The van der Waals surface area contributed by atoms with Gasteiger partial charge in [0.2, 0.25) is 17.6 Å². The highest BCUT2D eigenvalue weighted by Gasteiger charge is 2.69. The highest BCUT2D eigenvalue weighted by Crippen LogP contribution is 2.65. The topological polar surface area (TPSA) is 189 Å². The molecule has 13 nitrogen and oxygen atoms in total. The number of piperidine rings is 1. The second-order valence-electron chi connectivity index (χ2n) is 15.8. The predicted molar refractivity (Wildman–Crippen MR) is 170 cm³/mol. The summed E-state index contributed by atoms with van der Waals surface area (Å²) in [4.78, 5) is 79.8. The summed E-state index contributed by atoms with van der Waals surface area (Å²) in [6, 6.07) is -3.92. The van der Waals surface area contributed by atoms with E-state index in [9.17, 15) is 28.8 Å². The van der Waals surface area contributed by atoms with Gasteiger partial charge in [0.25, 0.3) is 5.91 Å². The summed E-state index contributed by atoms with van der Waals surface area (Å²) in [6.07, 6.45) is 5.00. The van der Waals surface area contributed by atoms with Crippen molar-refractivity contribution in [3.63, 3.8) is 0 Å². The number of hydrogen-bond donors (Lipinski definition) is 5. The number of nitrogens with zero attached hydrogens (tertiary/aromatic N) is 1. The highest BCUT2D eigenvalue weighted by molar-refractivity contribution is 6.37. The molecule has 6 amide bonds. The second-order valence-corrected chi connectivity index (χ2v) is 15.8. The maximum absolute atomic E-state index is 14.4. The van der Waals surface area contributed by atoms with Crippen molar-refractivity contribution in [2.24, 2.45) is 40.2 Å². The zero-order chi connectivity index (χ0) is 34.1. The fourth-order valence-corrected chi connectivity index (χ4v) is 7.30. The first-order valence-electron chi connectivity index (χ1n) is 16.9. The number of carbonyl (C=O) groups is 6. The Morgan fingerprint density at radius 3 is 2.11 bits per heavy atom. The van der Waals surface area contributed by atoms with Gasteiger partial charge in [0.05, 0.1) is 12.1 Å². The molecule has 1 aliphatic heterocycles. The molecule has 4 aliphatic rings. The van der Waals surface area contributed by atoms with Crippen LogP contribution in [0.5, 0.6) is 0 Å². The summed E-state index contributed by atoms with van der Waals surface area (Å²) >= 11 is 0. The molecule has 0 aromatic rings. The smallest absolute Gasteiger partial charge is 0.407 e. The Balaban J connectivity index is 1.50. The van der Waals surface area contributed by atoms with Crippen LogP contribution in [-0.4, -0.2) is 83.9 Å². The van der Waals surface area contributed by atoms with Crippen LogP contribution in [0, 0.1) is 34.5 Å². The summed E-state index contributed by atoms with van der Waals surface area (Å²) in [7, 11) is 0. The van der Waals surface area contributed by atoms with Crippen molar-refractivity contribution >= 4 is 35.6 Å². The number of urea groups is 1. The number of hydrogen-bond acceptors (Lipinski definition) is 7. The van der Waals surface area contributed by atoms with Gasteiger partial charge >= 0.3 is 12.1 Å². The molecule has 1 heterocycles. The van der Waals surface area contributed by atoms with Gasteiger partial charge in [-0.15, -0.1) is 0 Å². The zero-order valence-electron chi connectivity index (χ0n) is 28.4. The van der Waals surface area contributed by atoms with Crippen molar-refractivity contribution in [1.29, 1.82) is 0 Å². The van der Waals surface area contributed by atoms with Crippen molar-refractivity contribution < 1.29 is 33.5 Å². The number of alkyl carbamates (subject to hydrolysis) is 1. The minimum absolute atomic E-state index is 0.0592. The van der Waals surface area contributed by atoms with Crippen LogP contribution >= 0.6 is 0 Å². The summed E-state index contributed by atoms with van der Waals surface area (Å²) < 4.78 is 5.38. The maximum atomic E-state index is 14.4. The van der Waals surface area contributed by atoms with Crippen LogP contribution in [0.25, 0.3) is 0 Å². The lowest BCUT2D eigenvalue weighted by Gasteiger charge is -2.36. The number of nitrogens with two attached hydrogens (primary N) is 1. The van der Waals surface area contributed by atoms with Gasteiger partial charge in [-0.1, -0.05) is 60.3 Å². The molecular weight excluding hydrogens is 592 g/mol. The Hall–Kier alpha value is -3.38. The Kier molecular flexibility index (Phi) is 10.6. The van der Waals surface area contributed by atoms with Crippen molar-refractivity contribution in [2.45, 2.75) is 124 Å². The molecule has 0 aromatic carbocycles. The van der Waals surface area contributed by atoms with E-state index in [1.807, 2.05) is 34.6 Å². The molecule has 6 atom stereocenters. The van der Waals surface area contributed by atoms with Gasteiger partial charge in [-0.25, -0.2) is 9.59 Å². The van der Waals surface area contributed by atoms with Crippen LogP contribution in [0.15, 0.2) is 0 Å². The molecule has 3 aliphatic carbocycles. The average molecular weight is 647 g/mol. The van der Waals surface area contributed by atoms with Crippen molar-refractivity contribution in [3.8, 4) is 0 Å². The summed E-state index contributed by atoms with van der Waals surface area (Å²) in [5.74, 6) is -2.59. The molecule has 13 heteroatoms. The number of likely N-dealkylation sites (tertiary alicyclic amines) is 1. The molecule has 0 aromatic heterocycles. The van der Waals surface area contributed by atoms with Crippen LogP contribution in [0.1, 0.15) is 93.4 Å². The van der Waals surface area contributed by atoms with Crippen LogP contribution in [0.2, 0.25) is 0 Å². The van der Waals surface area contributed by atoms with Gasteiger partial charge in [-0.05, 0) is 67.6 Å². The van der Waals surface area contributed by atoms with Gasteiger partial charge in [0.15, 0.2) is 0 Å².